The van der Waals surface area contributed by atoms with Crippen LogP contribution < -0.4 is 9.64 Å². The molecule has 0 radical (unpaired) electrons. The van der Waals surface area contributed by atoms with Crippen molar-refractivity contribution in [2.45, 2.75) is 20.8 Å². The van der Waals surface area contributed by atoms with Gasteiger partial charge in [0.2, 0.25) is 0 Å². The van der Waals surface area contributed by atoms with Gasteiger partial charge < -0.3 is 9.64 Å². The van der Waals surface area contributed by atoms with E-state index in [1.54, 1.807) is 23.3 Å². The number of hydrogen-bond acceptors (Lipinski definition) is 3. The average molecular weight is 213 g/mol. The number of rotatable bonds is 0. The van der Waals surface area contributed by atoms with Crippen molar-refractivity contribution in [1.82, 2.24) is 0 Å². The fourth-order valence-electron chi connectivity index (χ4n) is 1.17. The Morgan fingerprint density at radius 3 is 2.79 bits per heavy atom. The fraction of sp³-hybridized carbons (Fsp3) is 0.500. The second-order valence-electron chi connectivity index (χ2n) is 2.77. The van der Waals surface area contributed by atoms with Gasteiger partial charge in [-0.15, -0.1) is 11.3 Å². The van der Waals surface area contributed by atoms with E-state index in [-0.39, 0.29) is 12.5 Å². The zero-order valence-electron chi connectivity index (χ0n) is 8.96. The van der Waals surface area contributed by atoms with Crippen molar-refractivity contribution >= 4 is 22.2 Å². The highest BCUT2D eigenvalue weighted by atomic mass is 32.1. The molecule has 1 aromatic rings. The van der Waals surface area contributed by atoms with E-state index in [0.29, 0.717) is 0 Å². The molecule has 14 heavy (non-hydrogen) atoms. The van der Waals surface area contributed by atoms with Crippen molar-refractivity contribution in [3.05, 3.63) is 10.9 Å². The standard InChI is InChI=1S/C8H9NO2S.C2H6/c1-5-3-6-8(12-5)9(2)7(10)4-11-6;1-2/h3H,4H2,1-2H3;1-2H3. The van der Waals surface area contributed by atoms with Gasteiger partial charge in [-0.05, 0) is 13.0 Å². The van der Waals surface area contributed by atoms with Crippen LogP contribution in [-0.2, 0) is 4.79 Å². The van der Waals surface area contributed by atoms with Gasteiger partial charge in [0.1, 0.15) is 5.00 Å². The van der Waals surface area contributed by atoms with E-state index in [4.69, 9.17) is 4.74 Å². The van der Waals surface area contributed by atoms with Crippen LogP contribution in [0.4, 0.5) is 5.00 Å². The molecule has 0 spiro atoms. The van der Waals surface area contributed by atoms with Gasteiger partial charge in [-0.25, -0.2) is 0 Å². The summed E-state index contributed by atoms with van der Waals surface area (Å²) < 4.78 is 5.25. The minimum absolute atomic E-state index is 0.0179. The molecule has 78 valence electrons. The molecule has 0 aromatic carbocycles. The van der Waals surface area contributed by atoms with Crippen LogP contribution in [-0.4, -0.2) is 19.6 Å². The van der Waals surface area contributed by atoms with Crippen LogP contribution in [0.15, 0.2) is 6.07 Å². The minimum atomic E-state index is 0.0179. The van der Waals surface area contributed by atoms with E-state index in [1.807, 2.05) is 26.8 Å². The topological polar surface area (TPSA) is 29.5 Å². The Kier molecular flexibility index (Phi) is 3.52. The van der Waals surface area contributed by atoms with Crippen molar-refractivity contribution in [3.63, 3.8) is 0 Å². The van der Waals surface area contributed by atoms with Gasteiger partial charge in [0, 0.05) is 11.9 Å². The molecule has 0 N–H and O–H groups in total. The van der Waals surface area contributed by atoms with Crippen molar-refractivity contribution in [1.29, 1.82) is 0 Å². The van der Waals surface area contributed by atoms with Crippen molar-refractivity contribution in [2.75, 3.05) is 18.6 Å². The van der Waals surface area contributed by atoms with E-state index in [0.717, 1.165) is 10.8 Å². The Balaban J connectivity index is 0.000000461. The number of nitrogens with zero attached hydrogens (tertiary/aromatic N) is 1. The van der Waals surface area contributed by atoms with Gasteiger partial charge >= 0.3 is 0 Å². The minimum Gasteiger partial charge on any atom is -0.481 e. The number of anilines is 1. The first-order valence-corrected chi connectivity index (χ1v) is 5.50. The lowest BCUT2D eigenvalue weighted by molar-refractivity contribution is -0.120. The molecular formula is C10H15NO2S. The van der Waals surface area contributed by atoms with Gasteiger partial charge in [-0.3, -0.25) is 4.79 Å². The van der Waals surface area contributed by atoms with Crippen LogP contribution in [0, 0.1) is 6.92 Å². The molecule has 0 saturated carbocycles. The number of likely N-dealkylation sites (N-methyl/N-ethyl adjacent to an activating group) is 1. The van der Waals surface area contributed by atoms with E-state index < -0.39 is 0 Å². The molecule has 2 heterocycles. The number of amides is 1. The maximum absolute atomic E-state index is 11.2. The SMILES string of the molecule is CC.Cc1cc2c(s1)N(C)C(=O)CO2. The summed E-state index contributed by atoms with van der Waals surface area (Å²) in [6.45, 7) is 6.17. The summed E-state index contributed by atoms with van der Waals surface area (Å²) in [4.78, 5) is 14.0. The molecule has 0 bridgehead atoms. The molecule has 1 aliphatic heterocycles. The van der Waals surface area contributed by atoms with Gasteiger partial charge in [0.05, 0.1) is 0 Å². The second-order valence-corrected chi connectivity index (χ2v) is 4.00. The number of fused-ring (bicyclic) bond motifs is 1. The van der Waals surface area contributed by atoms with Crippen LogP contribution in [0.5, 0.6) is 5.75 Å². The third kappa shape index (κ3) is 1.90. The quantitative estimate of drug-likeness (QED) is 0.662. The zero-order chi connectivity index (χ0) is 10.7. The highest BCUT2D eigenvalue weighted by Crippen LogP contribution is 2.39. The molecule has 1 aromatic heterocycles. The Morgan fingerprint density at radius 2 is 2.14 bits per heavy atom. The average Bonchev–Trinajstić information content (AvgIpc) is 2.57. The Morgan fingerprint density at radius 1 is 1.50 bits per heavy atom. The Labute approximate surface area is 88.3 Å². The first-order chi connectivity index (χ1) is 6.68. The van der Waals surface area contributed by atoms with Gasteiger partial charge in [-0.1, -0.05) is 13.8 Å². The molecule has 0 saturated heterocycles. The van der Waals surface area contributed by atoms with Crippen LogP contribution in [0.2, 0.25) is 0 Å². The van der Waals surface area contributed by atoms with Gasteiger partial charge in [-0.2, -0.15) is 0 Å². The Hall–Kier alpha value is -1.03. The maximum atomic E-state index is 11.2. The Bertz CT molecular complexity index is 333. The normalized spacial score (nSPS) is 14.0. The molecule has 1 aliphatic rings. The van der Waals surface area contributed by atoms with Gasteiger partial charge in [0.25, 0.3) is 5.91 Å². The highest BCUT2D eigenvalue weighted by molar-refractivity contribution is 7.16. The summed E-state index contributed by atoms with van der Waals surface area (Å²) in [5.41, 5.74) is 0. The first-order valence-electron chi connectivity index (χ1n) is 4.68. The van der Waals surface area contributed by atoms with E-state index >= 15 is 0 Å². The summed E-state index contributed by atoms with van der Waals surface area (Å²) in [6, 6.07) is 1.96. The monoisotopic (exact) mass is 213 g/mol. The predicted molar refractivity (Wildman–Crippen MR) is 59.3 cm³/mol. The molecule has 2 rings (SSSR count). The smallest absolute Gasteiger partial charge is 0.265 e. The lowest BCUT2D eigenvalue weighted by atomic mass is 10.4. The maximum Gasteiger partial charge on any atom is 0.265 e. The molecular weight excluding hydrogens is 198 g/mol. The molecule has 0 aliphatic carbocycles. The van der Waals surface area contributed by atoms with Crippen molar-refractivity contribution < 1.29 is 9.53 Å². The number of carbonyl (C=O) groups is 1. The van der Waals surface area contributed by atoms with Crippen LogP contribution in [0.3, 0.4) is 0 Å². The summed E-state index contributed by atoms with van der Waals surface area (Å²) in [5, 5.41) is 0.920. The summed E-state index contributed by atoms with van der Waals surface area (Å²) in [5.74, 6) is 0.851. The molecule has 3 nitrogen and oxygen atoms in total. The second kappa shape index (κ2) is 4.46. The molecule has 1 amide bonds. The zero-order valence-corrected chi connectivity index (χ0v) is 9.77. The van der Waals surface area contributed by atoms with E-state index in [9.17, 15) is 4.79 Å². The van der Waals surface area contributed by atoms with Crippen molar-refractivity contribution in [2.24, 2.45) is 0 Å². The number of thiophene rings is 1. The molecule has 0 atom stereocenters. The van der Waals surface area contributed by atoms with Crippen molar-refractivity contribution in [3.8, 4) is 5.75 Å². The number of hydrogen-bond donors (Lipinski definition) is 0. The lowest BCUT2D eigenvalue weighted by Crippen LogP contribution is -2.34. The first kappa shape index (κ1) is 11.0. The summed E-state index contributed by atoms with van der Waals surface area (Å²) >= 11 is 1.58. The fourth-order valence-corrected chi connectivity index (χ4v) is 2.09. The highest BCUT2D eigenvalue weighted by Gasteiger charge is 2.23. The van der Waals surface area contributed by atoms with E-state index in [2.05, 4.69) is 0 Å². The van der Waals surface area contributed by atoms with Crippen LogP contribution >= 0.6 is 11.3 Å². The van der Waals surface area contributed by atoms with Crippen LogP contribution in [0.25, 0.3) is 0 Å². The summed E-state index contributed by atoms with van der Waals surface area (Å²) in [6.07, 6.45) is 0. The van der Waals surface area contributed by atoms with E-state index in [1.165, 1.54) is 4.88 Å². The number of carbonyl (C=O) groups excluding carboxylic acids is 1. The largest absolute Gasteiger partial charge is 0.481 e. The number of ether oxygens (including phenoxy) is 1. The third-order valence-corrected chi connectivity index (χ3v) is 2.94. The lowest BCUT2D eigenvalue weighted by Gasteiger charge is -2.22. The molecule has 4 heteroatoms. The summed E-state index contributed by atoms with van der Waals surface area (Å²) in [7, 11) is 1.78. The molecule has 0 unspecified atom stereocenters. The predicted octanol–water partition coefficient (Wildman–Crippen LogP) is 2.44. The third-order valence-electron chi connectivity index (χ3n) is 1.83. The molecule has 0 fully saturated rings. The number of aryl methyl sites for hydroxylation is 1. The van der Waals surface area contributed by atoms with Crippen LogP contribution in [0.1, 0.15) is 18.7 Å². The van der Waals surface area contributed by atoms with Gasteiger partial charge in [0.15, 0.2) is 12.4 Å².